The summed E-state index contributed by atoms with van der Waals surface area (Å²) in [5, 5.41) is 4.04. The van der Waals surface area contributed by atoms with Gasteiger partial charge in [0.2, 0.25) is 5.91 Å². The van der Waals surface area contributed by atoms with Crippen molar-refractivity contribution in [2.75, 3.05) is 7.05 Å². The summed E-state index contributed by atoms with van der Waals surface area (Å²) in [4.78, 5) is 13.5. The van der Waals surface area contributed by atoms with E-state index in [1.165, 1.54) is 0 Å². The summed E-state index contributed by atoms with van der Waals surface area (Å²) in [6.45, 7) is 0.332. The molecule has 0 aliphatic heterocycles. The first-order valence-corrected chi connectivity index (χ1v) is 5.40. The van der Waals surface area contributed by atoms with Crippen LogP contribution in [0.5, 0.6) is 0 Å². The number of hydrogen-bond donors (Lipinski definition) is 0. The number of carbonyl (C=O) groups excluding carboxylic acids is 1. The van der Waals surface area contributed by atoms with Gasteiger partial charge in [0, 0.05) is 19.3 Å². The van der Waals surface area contributed by atoms with E-state index in [0.29, 0.717) is 12.6 Å². The van der Waals surface area contributed by atoms with Crippen LogP contribution < -0.4 is 0 Å². The molecule has 1 aliphatic carbocycles. The Bertz CT molecular complexity index is 346. The molecule has 0 atom stereocenters. The highest BCUT2D eigenvalue weighted by Crippen LogP contribution is 2.25. The van der Waals surface area contributed by atoms with E-state index in [9.17, 15) is 4.79 Å². The summed E-state index contributed by atoms with van der Waals surface area (Å²) in [5.41, 5.74) is 0. The molecule has 1 saturated carbocycles. The van der Waals surface area contributed by atoms with Crippen molar-refractivity contribution in [2.45, 2.75) is 25.4 Å². The van der Waals surface area contributed by atoms with E-state index in [2.05, 4.69) is 21.0 Å². The fourth-order valence-electron chi connectivity index (χ4n) is 1.34. The molecular weight excluding hydrogens is 246 g/mol. The van der Waals surface area contributed by atoms with Crippen LogP contribution in [-0.2, 0) is 11.3 Å². The van der Waals surface area contributed by atoms with Crippen LogP contribution in [0.4, 0.5) is 0 Å². The first-order valence-electron chi connectivity index (χ1n) is 4.60. The van der Waals surface area contributed by atoms with Crippen molar-refractivity contribution >= 4 is 21.8 Å². The van der Waals surface area contributed by atoms with Crippen LogP contribution in [0.1, 0.15) is 12.8 Å². The molecule has 14 heavy (non-hydrogen) atoms. The lowest BCUT2D eigenvalue weighted by Gasteiger charge is -2.15. The highest BCUT2D eigenvalue weighted by Gasteiger charge is 2.29. The zero-order chi connectivity index (χ0) is 10.1. The zero-order valence-electron chi connectivity index (χ0n) is 7.98. The number of amides is 1. The van der Waals surface area contributed by atoms with Gasteiger partial charge in [-0.25, -0.2) is 0 Å². The van der Waals surface area contributed by atoms with E-state index in [1.54, 1.807) is 17.1 Å². The minimum absolute atomic E-state index is 0.128. The third-order valence-corrected chi connectivity index (χ3v) is 2.80. The Kier molecular flexibility index (Phi) is 2.58. The number of likely N-dealkylation sites (N-methyl/N-ethyl adjacent to an activating group) is 1. The molecule has 0 bridgehead atoms. The average molecular weight is 258 g/mol. The van der Waals surface area contributed by atoms with Crippen molar-refractivity contribution in [3.8, 4) is 0 Å². The van der Waals surface area contributed by atoms with E-state index in [0.717, 1.165) is 17.3 Å². The summed E-state index contributed by atoms with van der Waals surface area (Å²) in [5.74, 6) is 0.128. The zero-order valence-corrected chi connectivity index (χ0v) is 9.57. The lowest BCUT2D eigenvalue weighted by Crippen LogP contribution is -2.32. The van der Waals surface area contributed by atoms with Crippen LogP contribution in [0.3, 0.4) is 0 Å². The number of nitrogens with zero attached hydrogens (tertiary/aromatic N) is 3. The lowest BCUT2D eigenvalue weighted by molar-refractivity contribution is -0.131. The van der Waals surface area contributed by atoms with Crippen molar-refractivity contribution in [3.63, 3.8) is 0 Å². The fraction of sp³-hybridized carbons (Fsp3) is 0.556. The molecule has 0 unspecified atom stereocenters. The van der Waals surface area contributed by atoms with Crippen LogP contribution in [0.2, 0.25) is 0 Å². The maximum Gasteiger partial charge on any atom is 0.244 e. The Morgan fingerprint density at radius 3 is 3.00 bits per heavy atom. The monoisotopic (exact) mass is 257 g/mol. The maximum atomic E-state index is 11.7. The number of halogens is 1. The van der Waals surface area contributed by atoms with Gasteiger partial charge in [0.15, 0.2) is 0 Å². The minimum atomic E-state index is 0.128. The summed E-state index contributed by atoms with van der Waals surface area (Å²) in [7, 11) is 1.86. The largest absolute Gasteiger partial charge is 0.341 e. The van der Waals surface area contributed by atoms with Crippen LogP contribution in [0.15, 0.2) is 16.9 Å². The highest BCUT2D eigenvalue weighted by molar-refractivity contribution is 9.10. The molecule has 1 aromatic heterocycles. The van der Waals surface area contributed by atoms with Gasteiger partial charge in [-0.3, -0.25) is 9.48 Å². The molecular formula is C9H12BrN3O. The number of carbonyl (C=O) groups is 1. The van der Waals surface area contributed by atoms with Crippen molar-refractivity contribution in [3.05, 3.63) is 16.9 Å². The van der Waals surface area contributed by atoms with Gasteiger partial charge in [0.05, 0.1) is 10.7 Å². The SMILES string of the molecule is CN(C(=O)Cn1cc(Br)cn1)C1CC1. The number of hydrogen-bond acceptors (Lipinski definition) is 2. The van der Waals surface area contributed by atoms with Gasteiger partial charge in [-0.2, -0.15) is 5.10 Å². The summed E-state index contributed by atoms with van der Waals surface area (Å²) >= 11 is 3.29. The van der Waals surface area contributed by atoms with Gasteiger partial charge in [-0.15, -0.1) is 0 Å². The molecule has 4 nitrogen and oxygen atoms in total. The Morgan fingerprint density at radius 1 is 1.79 bits per heavy atom. The fourth-order valence-corrected chi connectivity index (χ4v) is 1.67. The van der Waals surface area contributed by atoms with E-state index in [1.807, 2.05) is 11.9 Å². The smallest absolute Gasteiger partial charge is 0.244 e. The second-order valence-electron chi connectivity index (χ2n) is 3.59. The van der Waals surface area contributed by atoms with Gasteiger partial charge in [0.1, 0.15) is 6.54 Å². The van der Waals surface area contributed by atoms with E-state index in [-0.39, 0.29) is 5.91 Å². The van der Waals surface area contributed by atoms with E-state index in [4.69, 9.17) is 0 Å². The van der Waals surface area contributed by atoms with Crippen LogP contribution >= 0.6 is 15.9 Å². The van der Waals surface area contributed by atoms with Crippen LogP contribution in [-0.4, -0.2) is 33.7 Å². The third kappa shape index (κ3) is 2.15. The minimum Gasteiger partial charge on any atom is -0.341 e. The van der Waals surface area contributed by atoms with E-state index >= 15 is 0 Å². The van der Waals surface area contributed by atoms with Crippen molar-refractivity contribution in [1.82, 2.24) is 14.7 Å². The summed E-state index contributed by atoms with van der Waals surface area (Å²) in [6.07, 6.45) is 5.78. The quantitative estimate of drug-likeness (QED) is 0.818. The number of rotatable bonds is 3. The van der Waals surface area contributed by atoms with Gasteiger partial charge in [0.25, 0.3) is 0 Å². The molecule has 1 fully saturated rings. The molecule has 1 heterocycles. The van der Waals surface area contributed by atoms with Gasteiger partial charge < -0.3 is 4.90 Å². The number of aromatic nitrogens is 2. The van der Waals surface area contributed by atoms with Crippen molar-refractivity contribution < 1.29 is 4.79 Å². The summed E-state index contributed by atoms with van der Waals surface area (Å²) < 4.78 is 2.55. The molecule has 1 amide bonds. The molecule has 0 aromatic carbocycles. The van der Waals surface area contributed by atoms with E-state index < -0.39 is 0 Å². The summed E-state index contributed by atoms with van der Waals surface area (Å²) in [6, 6.07) is 0.474. The molecule has 5 heteroatoms. The Morgan fingerprint density at radius 2 is 2.50 bits per heavy atom. The molecule has 0 N–H and O–H groups in total. The van der Waals surface area contributed by atoms with Gasteiger partial charge >= 0.3 is 0 Å². The molecule has 0 spiro atoms. The Hall–Kier alpha value is -0.840. The van der Waals surface area contributed by atoms with Crippen molar-refractivity contribution in [1.29, 1.82) is 0 Å². The second-order valence-corrected chi connectivity index (χ2v) is 4.51. The lowest BCUT2D eigenvalue weighted by atomic mass is 10.5. The average Bonchev–Trinajstić information content (AvgIpc) is 2.91. The molecule has 76 valence electrons. The molecule has 0 radical (unpaired) electrons. The molecule has 2 rings (SSSR count). The second kappa shape index (κ2) is 3.73. The Balaban J connectivity index is 1.93. The van der Waals surface area contributed by atoms with Gasteiger partial charge in [-0.1, -0.05) is 0 Å². The first kappa shape index (κ1) is 9.71. The maximum absolute atomic E-state index is 11.7. The standard InChI is InChI=1S/C9H12BrN3O/c1-12(8-2-3-8)9(14)6-13-5-7(10)4-11-13/h4-5,8H,2-3,6H2,1H3. The molecule has 1 aliphatic rings. The molecule has 1 aromatic rings. The molecule has 0 saturated heterocycles. The van der Waals surface area contributed by atoms with Gasteiger partial charge in [-0.05, 0) is 28.8 Å². The topological polar surface area (TPSA) is 38.1 Å². The first-order chi connectivity index (χ1) is 6.66. The predicted molar refractivity (Wildman–Crippen MR) is 55.7 cm³/mol. The van der Waals surface area contributed by atoms with Crippen molar-refractivity contribution in [2.24, 2.45) is 0 Å². The Labute approximate surface area is 91.0 Å². The van der Waals surface area contributed by atoms with Crippen LogP contribution in [0.25, 0.3) is 0 Å². The third-order valence-electron chi connectivity index (χ3n) is 2.39. The highest BCUT2D eigenvalue weighted by atomic mass is 79.9. The predicted octanol–water partition coefficient (Wildman–Crippen LogP) is 1.27. The van der Waals surface area contributed by atoms with Crippen LogP contribution in [0, 0.1) is 0 Å². The normalized spacial score (nSPS) is 15.6.